The predicted molar refractivity (Wildman–Crippen MR) is 94.8 cm³/mol. The number of carbonyl (C=O) groups excluding carboxylic acids is 1. The zero-order chi connectivity index (χ0) is 17.8. The second-order valence-electron chi connectivity index (χ2n) is 5.66. The summed E-state index contributed by atoms with van der Waals surface area (Å²) in [7, 11) is 4.54. The molecule has 25 heavy (non-hydrogen) atoms. The standard InChI is InChI=1S/C19H20N2O4/c1-23-16-10-14(11-17(24-2)18(16)25-3)19(22)21-20-15-8-12-6-4-5-7-13(12)9-15/h4-7,10-11H,8-9H2,1-3H3,(H,21,22). The Morgan fingerprint density at radius 3 is 2.00 bits per heavy atom. The van der Waals surface area contributed by atoms with E-state index in [1.165, 1.54) is 32.5 Å². The van der Waals surface area contributed by atoms with Gasteiger partial charge in [-0.1, -0.05) is 24.3 Å². The molecule has 0 bridgehead atoms. The first-order valence-corrected chi connectivity index (χ1v) is 7.88. The average Bonchev–Trinajstić information content (AvgIpc) is 3.07. The normalized spacial score (nSPS) is 12.4. The highest BCUT2D eigenvalue weighted by molar-refractivity contribution is 5.98. The third-order valence-electron chi connectivity index (χ3n) is 4.15. The summed E-state index contributed by atoms with van der Waals surface area (Å²) in [5.41, 5.74) is 6.44. The van der Waals surface area contributed by atoms with Gasteiger partial charge in [0.1, 0.15) is 0 Å². The van der Waals surface area contributed by atoms with Gasteiger partial charge in [0.2, 0.25) is 5.75 Å². The van der Waals surface area contributed by atoms with Crippen LogP contribution in [0, 0.1) is 0 Å². The molecule has 0 saturated heterocycles. The molecule has 6 heteroatoms. The molecule has 0 radical (unpaired) electrons. The maximum atomic E-state index is 12.4. The Morgan fingerprint density at radius 2 is 1.52 bits per heavy atom. The van der Waals surface area contributed by atoms with Crippen molar-refractivity contribution in [3.63, 3.8) is 0 Å². The van der Waals surface area contributed by atoms with E-state index < -0.39 is 0 Å². The Hall–Kier alpha value is -3.02. The number of ether oxygens (including phenoxy) is 3. The van der Waals surface area contributed by atoms with Gasteiger partial charge in [-0.3, -0.25) is 4.79 Å². The van der Waals surface area contributed by atoms with Gasteiger partial charge >= 0.3 is 0 Å². The first kappa shape index (κ1) is 16.8. The number of hydrogen-bond donors (Lipinski definition) is 1. The van der Waals surface area contributed by atoms with Gasteiger partial charge in [-0.05, 0) is 23.3 Å². The molecule has 0 spiro atoms. The molecule has 0 aliphatic heterocycles. The van der Waals surface area contributed by atoms with E-state index >= 15 is 0 Å². The Labute approximate surface area is 146 Å². The number of hydrogen-bond acceptors (Lipinski definition) is 5. The van der Waals surface area contributed by atoms with Gasteiger partial charge in [0.15, 0.2) is 11.5 Å². The molecule has 0 heterocycles. The van der Waals surface area contributed by atoms with Crippen LogP contribution in [0.5, 0.6) is 17.2 Å². The second-order valence-corrected chi connectivity index (χ2v) is 5.66. The predicted octanol–water partition coefficient (Wildman–Crippen LogP) is 2.60. The molecule has 0 fully saturated rings. The molecule has 1 amide bonds. The van der Waals surface area contributed by atoms with Crippen LogP contribution < -0.4 is 19.6 Å². The summed E-state index contributed by atoms with van der Waals surface area (Å²) >= 11 is 0. The van der Waals surface area contributed by atoms with E-state index in [2.05, 4.69) is 22.7 Å². The lowest BCUT2D eigenvalue weighted by molar-refractivity contribution is 0.0954. The minimum absolute atomic E-state index is 0.331. The number of amides is 1. The van der Waals surface area contributed by atoms with E-state index in [4.69, 9.17) is 14.2 Å². The molecule has 0 saturated carbocycles. The molecule has 1 aliphatic carbocycles. The van der Waals surface area contributed by atoms with Gasteiger partial charge in [0, 0.05) is 24.1 Å². The van der Waals surface area contributed by atoms with Crippen molar-refractivity contribution in [2.45, 2.75) is 12.8 Å². The lowest BCUT2D eigenvalue weighted by Gasteiger charge is -2.13. The second kappa shape index (κ2) is 7.25. The maximum Gasteiger partial charge on any atom is 0.271 e. The quantitative estimate of drug-likeness (QED) is 0.850. The third kappa shape index (κ3) is 3.42. The van der Waals surface area contributed by atoms with Crippen molar-refractivity contribution in [2.75, 3.05) is 21.3 Å². The summed E-state index contributed by atoms with van der Waals surface area (Å²) in [6.07, 6.45) is 1.51. The molecule has 2 aromatic carbocycles. The highest BCUT2D eigenvalue weighted by atomic mass is 16.5. The summed E-state index contributed by atoms with van der Waals surface area (Å²) in [6.45, 7) is 0. The zero-order valence-electron chi connectivity index (χ0n) is 14.5. The van der Waals surface area contributed by atoms with Gasteiger partial charge in [-0.25, -0.2) is 5.43 Å². The van der Waals surface area contributed by atoms with Crippen molar-refractivity contribution < 1.29 is 19.0 Å². The van der Waals surface area contributed by atoms with Gasteiger partial charge < -0.3 is 14.2 Å². The van der Waals surface area contributed by atoms with Crippen molar-refractivity contribution in [2.24, 2.45) is 5.10 Å². The number of rotatable bonds is 5. The van der Waals surface area contributed by atoms with Crippen LogP contribution in [0.4, 0.5) is 0 Å². The van der Waals surface area contributed by atoms with Crippen LogP contribution in [-0.4, -0.2) is 32.9 Å². The fourth-order valence-electron chi connectivity index (χ4n) is 2.89. The lowest BCUT2D eigenvalue weighted by Crippen LogP contribution is -2.20. The largest absolute Gasteiger partial charge is 0.493 e. The molecule has 0 aromatic heterocycles. The Balaban J connectivity index is 1.77. The molecule has 0 atom stereocenters. The van der Waals surface area contributed by atoms with Crippen LogP contribution in [0.2, 0.25) is 0 Å². The minimum Gasteiger partial charge on any atom is -0.493 e. The summed E-state index contributed by atoms with van der Waals surface area (Å²) in [6, 6.07) is 11.4. The summed E-state index contributed by atoms with van der Waals surface area (Å²) in [4.78, 5) is 12.4. The topological polar surface area (TPSA) is 69.2 Å². The van der Waals surface area contributed by atoms with Gasteiger partial charge in [0.25, 0.3) is 5.91 Å². The molecule has 3 rings (SSSR count). The van der Waals surface area contributed by atoms with Crippen LogP contribution >= 0.6 is 0 Å². The third-order valence-corrected chi connectivity index (χ3v) is 4.15. The van der Waals surface area contributed by atoms with Crippen molar-refractivity contribution in [1.82, 2.24) is 5.43 Å². The Morgan fingerprint density at radius 1 is 0.960 bits per heavy atom. The summed E-state index contributed by atoms with van der Waals surface area (Å²) in [5, 5.41) is 4.27. The lowest BCUT2D eigenvalue weighted by atomic mass is 10.1. The average molecular weight is 340 g/mol. The van der Waals surface area contributed by atoms with E-state index in [-0.39, 0.29) is 5.91 Å². The van der Waals surface area contributed by atoms with E-state index in [9.17, 15) is 4.79 Å². The fourth-order valence-corrected chi connectivity index (χ4v) is 2.89. The SMILES string of the molecule is COc1cc(C(=O)NN=C2Cc3ccccc3C2)cc(OC)c1OC. The molecular formula is C19H20N2O4. The Bertz CT molecular complexity index is 778. The zero-order valence-corrected chi connectivity index (χ0v) is 14.5. The maximum absolute atomic E-state index is 12.4. The van der Waals surface area contributed by atoms with E-state index in [0.29, 0.717) is 22.8 Å². The van der Waals surface area contributed by atoms with Gasteiger partial charge in [-0.2, -0.15) is 5.10 Å². The molecule has 1 aliphatic rings. The van der Waals surface area contributed by atoms with Crippen molar-refractivity contribution in [3.05, 3.63) is 53.1 Å². The Kier molecular flexibility index (Phi) is 4.88. The van der Waals surface area contributed by atoms with Crippen molar-refractivity contribution in [3.8, 4) is 17.2 Å². The number of nitrogens with one attached hydrogen (secondary N) is 1. The number of hydrazone groups is 1. The van der Waals surface area contributed by atoms with Crippen LogP contribution in [-0.2, 0) is 12.8 Å². The highest BCUT2D eigenvalue weighted by Gasteiger charge is 2.19. The fraction of sp³-hybridized carbons (Fsp3) is 0.263. The minimum atomic E-state index is -0.331. The van der Waals surface area contributed by atoms with E-state index in [1.807, 2.05) is 12.1 Å². The smallest absolute Gasteiger partial charge is 0.271 e. The first-order valence-electron chi connectivity index (χ1n) is 7.88. The van der Waals surface area contributed by atoms with Crippen LogP contribution in [0.25, 0.3) is 0 Å². The van der Waals surface area contributed by atoms with Crippen LogP contribution in [0.15, 0.2) is 41.5 Å². The van der Waals surface area contributed by atoms with E-state index in [0.717, 1.165) is 18.6 Å². The van der Waals surface area contributed by atoms with Gasteiger partial charge in [-0.15, -0.1) is 0 Å². The highest BCUT2D eigenvalue weighted by Crippen LogP contribution is 2.38. The molecular weight excluding hydrogens is 320 g/mol. The van der Waals surface area contributed by atoms with Crippen LogP contribution in [0.3, 0.4) is 0 Å². The number of methoxy groups -OCH3 is 3. The first-order chi connectivity index (χ1) is 12.2. The van der Waals surface area contributed by atoms with Gasteiger partial charge in [0.05, 0.1) is 21.3 Å². The van der Waals surface area contributed by atoms with Crippen LogP contribution in [0.1, 0.15) is 21.5 Å². The number of benzene rings is 2. The van der Waals surface area contributed by atoms with Crippen molar-refractivity contribution in [1.29, 1.82) is 0 Å². The van der Waals surface area contributed by atoms with Crippen molar-refractivity contribution >= 4 is 11.6 Å². The molecule has 0 unspecified atom stereocenters. The number of nitrogens with zero attached hydrogens (tertiary/aromatic N) is 1. The number of fused-ring (bicyclic) bond motifs is 1. The molecule has 6 nitrogen and oxygen atoms in total. The molecule has 2 aromatic rings. The molecule has 1 N–H and O–H groups in total. The van der Waals surface area contributed by atoms with E-state index in [1.54, 1.807) is 12.1 Å². The number of carbonyl (C=O) groups is 1. The molecule has 130 valence electrons. The monoisotopic (exact) mass is 340 g/mol. The summed E-state index contributed by atoms with van der Waals surface area (Å²) in [5.74, 6) is 0.961. The summed E-state index contributed by atoms with van der Waals surface area (Å²) < 4.78 is 15.8.